The van der Waals surface area contributed by atoms with E-state index in [0.717, 1.165) is 22.2 Å². The van der Waals surface area contributed by atoms with Gasteiger partial charge in [-0.25, -0.2) is 13.6 Å². The number of aryl methyl sites for hydroxylation is 1. The van der Waals surface area contributed by atoms with Crippen LogP contribution >= 0.6 is 0 Å². The van der Waals surface area contributed by atoms with Gasteiger partial charge in [-0.2, -0.15) is 0 Å². The van der Waals surface area contributed by atoms with E-state index in [-0.39, 0.29) is 22.9 Å². The number of anilines is 1. The summed E-state index contributed by atoms with van der Waals surface area (Å²) in [6.07, 6.45) is 0.138. The van der Waals surface area contributed by atoms with Crippen molar-refractivity contribution >= 4 is 32.5 Å². The van der Waals surface area contributed by atoms with Crippen LogP contribution in [0, 0.1) is 6.92 Å². The standard InChI is InChI=1S/C18H19N3O4S/c1-11-14(13-5-3-4-6-15(13)20-11)10-18(22)21-16-9-12(26(19,23)24)7-8-17(16)25-2/h3-9,20H,10H2,1-2H3,(H,21,22)(H2,19,23,24). The fraction of sp³-hybridized carbons (Fsp3) is 0.167. The van der Waals surface area contributed by atoms with Crippen molar-refractivity contribution in [3.63, 3.8) is 0 Å². The van der Waals surface area contributed by atoms with Crippen molar-refractivity contribution in [2.24, 2.45) is 5.14 Å². The zero-order chi connectivity index (χ0) is 18.9. The van der Waals surface area contributed by atoms with E-state index in [1.807, 2.05) is 31.2 Å². The summed E-state index contributed by atoms with van der Waals surface area (Å²) < 4.78 is 28.3. The van der Waals surface area contributed by atoms with Gasteiger partial charge in [-0.3, -0.25) is 4.79 Å². The van der Waals surface area contributed by atoms with Gasteiger partial charge in [0.15, 0.2) is 0 Å². The van der Waals surface area contributed by atoms with Gasteiger partial charge < -0.3 is 15.0 Å². The Hall–Kier alpha value is -2.84. The van der Waals surface area contributed by atoms with E-state index in [1.54, 1.807) is 0 Å². The number of primary sulfonamides is 1. The highest BCUT2D eigenvalue weighted by molar-refractivity contribution is 7.89. The highest BCUT2D eigenvalue weighted by Gasteiger charge is 2.16. The number of hydrogen-bond acceptors (Lipinski definition) is 4. The lowest BCUT2D eigenvalue weighted by molar-refractivity contribution is -0.115. The zero-order valence-electron chi connectivity index (χ0n) is 14.4. The third-order valence-corrected chi connectivity index (χ3v) is 5.05. The third kappa shape index (κ3) is 3.56. The molecule has 0 saturated carbocycles. The molecule has 0 fully saturated rings. The summed E-state index contributed by atoms with van der Waals surface area (Å²) >= 11 is 0. The first-order chi connectivity index (χ1) is 12.3. The molecule has 2 aromatic carbocycles. The number of hydrogen-bond donors (Lipinski definition) is 3. The van der Waals surface area contributed by atoms with Crippen LogP contribution in [0.5, 0.6) is 5.75 Å². The Kier molecular flexibility index (Phi) is 4.71. The monoisotopic (exact) mass is 373 g/mol. The number of carbonyl (C=O) groups excluding carboxylic acids is 1. The number of nitrogens with one attached hydrogen (secondary N) is 2. The first-order valence-electron chi connectivity index (χ1n) is 7.86. The van der Waals surface area contributed by atoms with Crippen molar-refractivity contribution in [1.82, 2.24) is 4.98 Å². The van der Waals surface area contributed by atoms with E-state index in [4.69, 9.17) is 9.88 Å². The van der Waals surface area contributed by atoms with Crippen LogP contribution in [0.15, 0.2) is 47.4 Å². The molecule has 0 saturated heterocycles. The van der Waals surface area contributed by atoms with Gasteiger partial charge in [0.2, 0.25) is 15.9 Å². The average Bonchev–Trinajstić information content (AvgIpc) is 2.89. The predicted octanol–water partition coefficient (Wildman–Crippen LogP) is 2.31. The molecular formula is C18H19N3O4S. The molecule has 1 aromatic heterocycles. The molecule has 26 heavy (non-hydrogen) atoms. The summed E-state index contributed by atoms with van der Waals surface area (Å²) in [4.78, 5) is 15.7. The molecule has 0 radical (unpaired) electrons. The number of aromatic nitrogens is 1. The molecule has 3 rings (SSSR count). The number of amides is 1. The lowest BCUT2D eigenvalue weighted by Gasteiger charge is -2.11. The highest BCUT2D eigenvalue weighted by Crippen LogP contribution is 2.28. The van der Waals surface area contributed by atoms with Crippen LogP contribution in [0.25, 0.3) is 10.9 Å². The fourth-order valence-electron chi connectivity index (χ4n) is 2.88. The summed E-state index contributed by atoms with van der Waals surface area (Å²) in [7, 11) is -2.45. The van der Waals surface area contributed by atoms with Gasteiger partial charge in [-0.05, 0) is 36.8 Å². The minimum Gasteiger partial charge on any atom is -0.495 e. The Morgan fingerprint density at radius 3 is 2.65 bits per heavy atom. The van der Waals surface area contributed by atoms with E-state index in [2.05, 4.69) is 10.3 Å². The van der Waals surface area contributed by atoms with E-state index < -0.39 is 10.0 Å². The van der Waals surface area contributed by atoms with Crippen LogP contribution in [-0.2, 0) is 21.2 Å². The lowest BCUT2D eigenvalue weighted by Crippen LogP contribution is -2.17. The molecule has 0 aliphatic rings. The number of nitrogens with two attached hydrogens (primary N) is 1. The second-order valence-electron chi connectivity index (χ2n) is 5.91. The molecule has 0 spiro atoms. The maximum atomic E-state index is 12.5. The topological polar surface area (TPSA) is 114 Å². The Morgan fingerprint density at radius 1 is 1.23 bits per heavy atom. The Bertz CT molecular complexity index is 1090. The molecule has 4 N–H and O–H groups in total. The Balaban J connectivity index is 1.89. The van der Waals surface area contributed by atoms with Gasteiger partial charge in [-0.15, -0.1) is 0 Å². The zero-order valence-corrected chi connectivity index (χ0v) is 15.2. The van der Waals surface area contributed by atoms with Crippen molar-refractivity contribution in [3.8, 4) is 5.75 Å². The second kappa shape index (κ2) is 6.81. The molecule has 0 atom stereocenters. The quantitative estimate of drug-likeness (QED) is 0.637. The van der Waals surface area contributed by atoms with Gasteiger partial charge in [-0.1, -0.05) is 18.2 Å². The maximum Gasteiger partial charge on any atom is 0.238 e. The van der Waals surface area contributed by atoms with Crippen molar-refractivity contribution in [1.29, 1.82) is 0 Å². The minimum atomic E-state index is -3.88. The van der Waals surface area contributed by atoms with Gasteiger partial charge in [0.1, 0.15) is 5.75 Å². The van der Waals surface area contributed by atoms with Crippen molar-refractivity contribution in [2.45, 2.75) is 18.2 Å². The molecule has 0 unspecified atom stereocenters. The Morgan fingerprint density at radius 2 is 1.96 bits per heavy atom. The van der Waals surface area contributed by atoms with Gasteiger partial charge in [0, 0.05) is 16.6 Å². The molecule has 3 aromatic rings. The van der Waals surface area contributed by atoms with Crippen LogP contribution in [0.3, 0.4) is 0 Å². The molecule has 8 heteroatoms. The number of para-hydroxylation sites is 1. The summed E-state index contributed by atoms with van der Waals surface area (Å²) in [6, 6.07) is 11.8. The van der Waals surface area contributed by atoms with E-state index in [0.29, 0.717) is 5.75 Å². The predicted molar refractivity (Wildman–Crippen MR) is 99.7 cm³/mol. The van der Waals surface area contributed by atoms with Crippen LogP contribution in [-0.4, -0.2) is 26.4 Å². The number of methoxy groups -OCH3 is 1. The number of rotatable bonds is 5. The van der Waals surface area contributed by atoms with Crippen molar-refractivity contribution < 1.29 is 17.9 Å². The van der Waals surface area contributed by atoms with E-state index in [1.165, 1.54) is 25.3 Å². The van der Waals surface area contributed by atoms with Crippen LogP contribution in [0.2, 0.25) is 0 Å². The number of H-pyrrole nitrogens is 1. The van der Waals surface area contributed by atoms with Crippen LogP contribution in [0.4, 0.5) is 5.69 Å². The number of benzene rings is 2. The average molecular weight is 373 g/mol. The number of carbonyl (C=O) groups is 1. The third-order valence-electron chi connectivity index (χ3n) is 4.14. The first kappa shape index (κ1) is 18.0. The van der Waals surface area contributed by atoms with Gasteiger partial charge in [0.25, 0.3) is 0 Å². The van der Waals surface area contributed by atoms with Crippen molar-refractivity contribution in [3.05, 3.63) is 53.7 Å². The minimum absolute atomic E-state index is 0.100. The smallest absolute Gasteiger partial charge is 0.238 e. The molecule has 0 bridgehead atoms. The summed E-state index contributed by atoms with van der Waals surface area (Å²) in [5.41, 5.74) is 3.01. The van der Waals surface area contributed by atoms with Crippen LogP contribution < -0.4 is 15.2 Å². The SMILES string of the molecule is COc1ccc(S(N)(=O)=O)cc1NC(=O)Cc1c(C)[nH]c2ccccc12. The fourth-order valence-corrected chi connectivity index (χ4v) is 3.42. The van der Waals surface area contributed by atoms with Gasteiger partial charge in [0.05, 0.1) is 24.1 Å². The second-order valence-corrected chi connectivity index (χ2v) is 7.47. The highest BCUT2D eigenvalue weighted by atomic mass is 32.2. The number of fused-ring (bicyclic) bond motifs is 1. The number of ether oxygens (including phenoxy) is 1. The number of aromatic amines is 1. The van der Waals surface area contributed by atoms with Crippen molar-refractivity contribution in [2.75, 3.05) is 12.4 Å². The maximum absolute atomic E-state index is 12.5. The molecule has 1 amide bonds. The largest absolute Gasteiger partial charge is 0.495 e. The van der Waals surface area contributed by atoms with Gasteiger partial charge >= 0.3 is 0 Å². The molecule has 136 valence electrons. The Labute approximate surface area is 151 Å². The molecule has 1 heterocycles. The molecule has 7 nitrogen and oxygen atoms in total. The molecule has 0 aliphatic carbocycles. The summed E-state index contributed by atoms with van der Waals surface area (Å²) in [6.45, 7) is 1.91. The van der Waals surface area contributed by atoms with E-state index in [9.17, 15) is 13.2 Å². The summed E-state index contributed by atoms with van der Waals surface area (Å²) in [5.74, 6) is 0.0594. The molecule has 0 aliphatic heterocycles. The normalized spacial score (nSPS) is 11.5. The first-order valence-corrected chi connectivity index (χ1v) is 9.41. The number of sulfonamides is 1. The molecular weight excluding hydrogens is 354 g/mol. The van der Waals surface area contributed by atoms with Crippen LogP contribution in [0.1, 0.15) is 11.3 Å². The lowest BCUT2D eigenvalue weighted by atomic mass is 10.1. The summed E-state index contributed by atoms with van der Waals surface area (Å²) in [5, 5.41) is 8.84. The van der Waals surface area contributed by atoms with E-state index >= 15 is 0 Å².